The molecule has 0 fully saturated rings. The second-order valence-electron chi connectivity index (χ2n) is 5.11. The molecule has 2 rings (SSSR count). The quantitative estimate of drug-likeness (QED) is 0.720. The predicted octanol–water partition coefficient (Wildman–Crippen LogP) is 3.97. The molecule has 2 aromatic rings. The van der Waals surface area contributed by atoms with Gasteiger partial charge in [0, 0.05) is 36.1 Å². The molecule has 0 spiro atoms. The van der Waals surface area contributed by atoms with Crippen molar-refractivity contribution < 1.29 is 14.6 Å². The first-order valence-electron chi connectivity index (χ1n) is 7.27. The van der Waals surface area contributed by atoms with Gasteiger partial charge in [0.15, 0.2) is 0 Å². The van der Waals surface area contributed by atoms with Gasteiger partial charge >= 0.3 is 5.97 Å². The number of aromatic nitrogens is 1. The van der Waals surface area contributed by atoms with Crippen molar-refractivity contribution in [3.63, 3.8) is 0 Å². The minimum Gasteiger partial charge on any atom is -0.481 e. The molecule has 0 amide bonds. The molecule has 118 valence electrons. The second kappa shape index (κ2) is 8.15. The molecule has 0 aliphatic carbocycles. The van der Waals surface area contributed by atoms with E-state index >= 15 is 0 Å². The summed E-state index contributed by atoms with van der Waals surface area (Å²) in [6.45, 7) is 1.51. The number of rotatable bonds is 8. The zero-order valence-corrected chi connectivity index (χ0v) is 14.2. The summed E-state index contributed by atoms with van der Waals surface area (Å²) in [7, 11) is 1.69. The molecule has 0 saturated carbocycles. The second-order valence-corrected chi connectivity index (χ2v) is 6.02. The summed E-state index contributed by atoms with van der Waals surface area (Å²) < 4.78 is 8.37. The number of methoxy groups -OCH3 is 1. The molecule has 0 unspecified atom stereocenters. The molecule has 5 heteroatoms. The molecule has 1 N–H and O–H groups in total. The van der Waals surface area contributed by atoms with Crippen molar-refractivity contribution in [3.8, 4) is 11.3 Å². The van der Waals surface area contributed by atoms with Crippen molar-refractivity contribution in [1.29, 1.82) is 0 Å². The maximum Gasteiger partial charge on any atom is 0.303 e. The zero-order valence-electron chi connectivity index (χ0n) is 12.6. The number of benzene rings is 1. The van der Waals surface area contributed by atoms with Gasteiger partial charge in [-0.25, -0.2) is 0 Å². The van der Waals surface area contributed by atoms with E-state index in [0.717, 1.165) is 34.4 Å². The van der Waals surface area contributed by atoms with Crippen LogP contribution in [0.1, 0.15) is 18.5 Å². The predicted molar refractivity (Wildman–Crippen MR) is 90.0 cm³/mol. The molecule has 1 aromatic carbocycles. The van der Waals surface area contributed by atoms with Crippen LogP contribution >= 0.6 is 15.9 Å². The van der Waals surface area contributed by atoms with Crippen molar-refractivity contribution in [3.05, 3.63) is 46.6 Å². The van der Waals surface area contributed by atoms with E-state index in [4.69, 9.17) is 9.84 Å². The summed E-state index contributed by atoms with van der Waals surface area (Å²) in [4.78, 5) is 10.8. The number of aryl methyl sites for hydroxylation is 1. The number of carboxylic acids is 1. The molecule has 0 saturated heterocycles. The summed E-state index contributed by atoms with van der Waals surface area (Å²) >= 11 is 3.45. The summed E-state index contributed by atoms with van der Waals surface area (Å²) in [6.07, 6.45) is 1.59. The minimum absolute atomic E-state index is 0.147. The van der Waals surface area contributed by atoms with Gasteiger partial charge in [0.25, 0.3) is 0 Å². The van der Waals surface area contributed by atoms with Gasteiger partial charge in [0.2, 0.25) is 0 Å². The van der Waals surface area contributed by atoms with E-state index in [-0.39, 0.29) is 6.42 Å². The van der Waals surface area contributed by atoms with Gasteiger partial charge in [-0.2, -0.15) is 0 Å². The van der Waals surface area contributed by atoms with Crippen LogP contribution in [0.4, 0.5) is 0 Å². The van der Waals surface area contributed by atoms with Gasteiger partial charge in [-0.05, 0) is 42.7 Å². The van der Waals surface area contributed by atoms with Gasteiger partial charge in [-0.15, -0.1) is 0 Å². The molecule has 0 atom stereocenters. The maximum absolute atomic E-state index is 10.8. The molecule has 0 aliphatic heterocycles. The van der Waals surface area contributed by atoms with Crippen LogP contribution in [0.3, 0.4) is 0 Å². The Hall–Kier alpha value is -1.59. The summed E-state index contributed by atoms with van der Waals surface area (Å²) in [5.41, 5.74) is 3.29. The number of carboxylic acid groups (broad SMARTS) is 1. The van der Waals surface area contributed by atoms with Crippen LogP contribution in [0.5, 0.6) is 0 Å². The molecular weight excluding hydrogens is 346 g/mol. The van der Waals surface area contributed by atoms with Crippen LogP contribution in [0.2, 0.25) is 0 Å². The van der Waals surface area contributed by atoms with Gasteiger partial charge in [-0.1, -0.05) is 28.1 Å². The highest BCUT2D eigenvalue weighted by Crippen LogP contribution is 2.25. The molecule has 4 nitrogen and oxygen atoms in total. The average molecular weight is 366 g/mol. The third kappa shape index (κ3) is 4.45. The first-order chi connectivity index (χ1) is 10.6. The van der Waals surface area contributed by atoms with Gasteiger partial charge in [0.1, 0.15) is 0 Å². The van der Waals surface area contributed by atoms with E-state index in [1.54, 1.807) is 7.11 Å². The zero-order chi connectivity index (χ0) is 15.9. The standard InChI is InChI=1S/C17H20BrNO3/c1-22-12-2-11-19-15(8-10-17(20)21)7-9-16(19)13-3-5-14(18)6-4-13/h3-7,9H,2,8,10-12H2,1H3,(H,20,21). The number of nitrogens with zero attached hydrogens (tertiary/aromatic N) is 1. The first-order valence-corrected chi connectivity index (χ1v) is 8.06. The number of halogens is 1. The lowest BCUT2D eigenvalue weighted by atomic mass is 10.1. The van der Waals surface area contributed by atoms with Crippen LogP contribution in [0, 0.1) is 0 Å². The topological polar surface area (TPSA) is 51.5 Å². The van der Waals surface area contributed by atoms with Crippen LogP contribution in [-0.4, -0.2) is 29.4 Å². The van der Waals surface area contributed by atoms with E-state index in [1.807, 2.05) is 18.2 Å². The van der Waals surface area contributed by atoms with Crippen molar-refractivity contribution in [1.82, 2.24) is 4.57 Å². The highest BCUT2D eigenvalue weighted by Gasteiger charge is 2.11. The highest BCUT2D eigenvalue weighted by molar-refractivity contribution is 9.10. The molecule has 0 aliphatic rings. The normalized spacial score (nSPS) is 10.8. The Morgan fingerprint density at radius 2 is 1.95 bits per heavy atom. The Bertz CT molecular complexity index is 619. The Morgan fingerprint density at radius 3 is 2.59 bits per heavy atom. The lowest BCUT2D eigenvalue weighted by molar-refractivity contribution is -0.136. The summed E-state index contributed by atoms with van der Waals surface area (Å²) in [6, 6.07) is 12.2. The van der Waals surface area contributed by atoms with E-state index in [9.17, 15) is 4.79 Å². The lowest BCUT2D eigenvalue weighted by Gasteiger charge is -2.13. The average Bonchev–Trinajstić information content (AvgIpc) is 2.89. The number of hydrogen-bond donors (Lipinski definition) is 1. The number of hydrogen-bond acceptors (Lipinski definition) is 2. The van der Waals surface area contributed by atoms with Crippen molar-refractivity contribution in [2.75, 3.05) is 13.7 Å². The first kappa shape index (κ1) is 16.8. The lowest BCUT2D eigenvalue weighted by Crippen LogP contribution is -2.08. The van der Waals surface area contributed by atoms with Gasteiger partial charge in [0.05, 0.1) is 6.42 Å². The third-order valence-corrected chi connectivity index (χ3v) is 4.06. The largest absolute Gasteiger partial charge is 0.481 e. The van der Waals surface area contributed by atoms with Crippen LogP contribution in [0.15, 0.2) is 40.9 Å². The molecule has 0 bridgehead atoms. The maximum atomic E-state index is 10.8. The summed E-state index contributed by atoms with van der Waals surface area (Å²) in [5, 5.41) is 8.90. The number of ether oxygens (including phenoxy) is 1. The Balaban J connectivity index is 2.27. The SMILES string of the molecule is COCCCn1c(CCC(=O)O)ccc1-c1ccc(Br)cc1. The van der Waals surface area contributed by atoms with E-state index < -0.39 is 5.97 Å². The molecule has 1 heterocycles. The number of aliphatic carboxylic acids is 1. The molecule has 1 aromatic heterocycles. The Morgan fingerprint density at radius 1 is 1.23 bits per heavy atom. The Kier molecular flexibility index (Phi) is 6.21. The van der Waals surface area contributed by atoms with E-state index in [0.29, 0.717) is 13.0 Å². The fourth-order valence-electron chi connectivity index (χ4n) is 2.47. The van der Waals surface area contributed by atoms with Crippen LogP contribution in [0.25, 0.3) is 11.3 Å². The van der Waals surface area contributed by atoms with Crippen LogP contribution in [-0.2, 0) is 22.5 Å². The van der Waals surface area contributed by atoms with E-state index in [1.165, 1.54) is 0 Å². The highest BCUT2D eigenvalue weighted by atomic mass is 79.9. The fourth-order valence-corrected chi connectivity index (χ4v) is 2.73. The van der Waals surface area contributed by atoms with Gasteiger partial charge in [-0.3, -0.25) is 4.79 Å². The van der Waals surface area contributed by atoms with Crippen molar-refractivity contribution in [2.24, 2.45) is 0 Å². The van der Waals surface area contributed by atoms with Gasteiger partial charge < -0.3 is 14.4 Å². The molecule has 22 heavy (non-hydrogen) atoms. The molecule has 0 radical (unpaired) electrons. The molecular formula is C17H20BrNO3. The fraction of sp³-hybridized carbons (Fsp3) is 0.353. The monoisotopic (exact) mass is 365 g/mol. The summed E-state index contributed by atoms with van der Waals surface area (Å²) in [5.74, 6) is -0.769. The smallest absolute Gasteiger partial charge is 0.303 e. The van der Waals surface area contributed by atoms with E-state index in [2.05, 4.69) is 38.7 Å². The van der Waals surface area contributed by atoms with Crippen molar-refractivity contribution >= 4 is 21.9 Å². The number of carbonyl (C=O) groups is 1. The van der Waals surface area contributed by atoms with Crippen molar-refractivity contribution in [2.45, 2.75) is 25.8 Å². The Labute approximate surface area is 138 Å². The van der Waals surface area contributed by atoms with Crippen LogP contribution < -0.4 is 0 Å². The minimum atomic E-state index is -0.769. The third-order valence-electron chi connectivity index (χ3n) is 3.54.